The Kier molecular flexibility index (Phi) is 5.12. The van der Waals surface area contributed by atoms with E-state index in [2.05, 4.69) is 37.9 Å². The van der Waals surface area contributed by atoms with Crippen LogP contribution in [0.4, 0.5) is 0 Å². The largest absolute Gasteiger partial charge is 0.481 e. The van der Waals surface area contributed by atoms with Crippen LogP contribution >= 0.6 is 11.3 Å². The van der Waals surface area contributed by atoms with Crippen molar-refractivity contribution in [2.24, 2.45) is 0 Å². The third kappa shape index (κ3) is 3.91. The van der Waals surface area contributed by atoms with Gasteiger partial charge in [0.15, 0.2) is 0 Å². The lowest BCUT2D eigenvalue weighted by Gasteiger charge is -2.06. The fraction of sp³-hybridized carbons (Fsp3) is 0.412. The van der Waals surface area contributed by atoms with Crippen molar-refractivity contribution in [2.45, 2.75) is 46.0 Å². The third-order valence-corrected chi connectivity index (χ3v) is 4.48. The van der Waals surface area contributed by atoms with Crippen molar-refractivity contribution in [1.82, 2.24) is 4.98 Å². The SMILES string of the molecule is CCCc1nc(-c2ccc(C(C)C)cc2)c(CC(=O)O)s1. The summed E-state index contributed by atoms with van der Waals surface area (Å²) in [6.07, 6.45) is 1.97. The smallest absolute Gasteiger partial charge is 0.308 e. The number of aromatic nitrogens is 1. The molecule has 0 saturated carbocycles. The van der Waals surface area contributed by atoms with E-state index in [1.54, 1.807) is 0 Å². The monoisotopic (exact) mass is 303 g/mol. The van der Waals surface area contributed by atoms with Gasteiger partial charge in [0.2, 0.25) is 0 Å². The molecule has 3 nitrogen and oxygen atoms in total. The summed E-state index contributed by atoms with van der Waals surface area (Å²) in [5.41, 5.74) is 3.12. The predicted molar refractivity (Wildman–Crippen MR) is 87.0 cm³/mol. The summed E-state index contributed by atoms with van der Waals surface area (Å²) in [4.78, 5) is 16.5. The van der Waals surface area contributed by atoms with E-state index in [9.17, 15) is 4.79 Å². The zero-order valence-electron chi connectivity index (χ0n) is 12.7. The lowest BCUT2D eigenvalue weighted by molar-refractivity contribution is -0.136. The highest BCUT2D eigenvalue weighted by Crippen LogP contribution is 2.30. The second-order valence-corrected chi connectivity index (χ2v) is 6.64. The first-order chi connectivity index (χ1) is 10.0. The Labute approximate surface area is 129 Å². The van der Waals surface area contributed by atoms with Crippen LogP contribution in [-0.2, 0) is 17.6 Å². The van der Waals surface area contributed by atoms with E-state index < -0.39 is 5.97 Å². The zero-order chi connectivity index (χ0) is 15.4. The molecular formula is C17H21NO2S. The fourth-order valence-electron chi connectivity index (χ4n) is 2.23. The molecule has 0 spiro atoms. The van der Waals surface area contributed by atoms with Crippen LogP contribution in [0.15, 0.2) is 24.3 Å². The van der Waals surface area contributed by atoms with Crippen LogP contribution in [0.25, 0.3) is 11.3 Å². The molecule has 0 bridgehead atoms. The highest BCUT2D eigenvalue weighted by Gasteiger charge is 2.15. The van der Waals surface area contributed by atoms with Gasteiger partial charge >= 0.3 is 5.97 Å². The molecule has 1 aromatic heterocycles. The number of carboxylic acids is 1. The van der Waals surface area contributed by atoms with Crippen molar-refractivity contribution in [2.75, 3.05) is 0 Å². The number of benzene rings is 1. The third-order valence-electron chi connectivity index (χ3n) is 3.37. The summed E-state index contributed by atoms with van der Waals surface area (Å²) in [5.74, 6) is -0.314. The molecule has 4 heteroatoms. The zero-order valence-corrected chi connectivity index (χ0v) is 13.5. The molecule has 0 unspecified atom stereocenters. The van der Waals surface area contributed by atoms with Gasteiger partial charge in [0.05, 0.1) is 17.1 Å². The van der Waals surface area contributed by atoms with E-state index in [0.717, 1.165) is 34.0 Å². The molecular weight excluding hydrogens is 282 g/mol. The lowest BCUT2D eigenvalue weighted by Crippen LogP contribution is -1.99. The maximum atomic E-state index is 11.0. The van der Waals surface area contributed by atoms with Crippen LogP contribution in [0, 0.1) is 0 Å². The first kappa shape index (κ1) is 15.7. The summed E-state index contributed by atoms with van der Waals surface area (Å²) in [5, 5.41) is 10.1. The number of carbonyl (C=O) groups is 1. The predicted octanol–water partition coefficient (Wildman–Crippen LogP) is 4.51. The van der Waals surface area contributed by atoms with E-state index >= 15 is 0 Å². The van der Waals surface area contributed by atoms with Gasteiger partial charge in [-0.1, -0.05) is 45.0 Å². The number of aliphatic carboxylic acids is 1. The minimum Gasteiger partial charge on any atom is -0.481 e. The first-order valence-electron chi connectivity index (χ1n) is 7.32. The Balaban J connectivity index is 2.38. The van der Waals surface area contributed by atoms with Gasteiger partial charge in [-0.2, -0.15) is 0 Å². The highest BCUT2D eigenvalue weighted by molar-refractivity contribution is 7.12. The molecule has 0 aliphatic heterocycles. The Morgan fingerprint density at radius 1 is 1.29 bits per heavy atom. The Hall–Kier alpha value is -1.68. The molecule has 1 heterocycles. The van der Waals surface area contributed by atoms with Gasteiger partial charge in [0, 0.05) is 10.4 Å². The molecule has 2 rings (SSSR count). The maximum Gasteiger partial charge on any atom is 0.308 e. The molecule has 0 amide bonds. The minimum atomic E-state index is -0.804. The number of nitrogens with zero attached hydrogens (tertiary/aromatic N) is 1. The van der Waals surface area contributed by atoms with Crippen molar-refractivity contribution in [1.29, 1.82) is 0 Å². The molecule has 0 atom stereocenters. The molecule has 0 aliphatic rings. The van der Waals surface area contributed by atoms with Crippen molar-refractivity contribution in [3.63, 3.8) is 0 Å². The number of hydrogen-bond donors (Lipinski definition) is 1. The number of hydrogen-bond acceptors (Lipinski definition) is 3. The minimum absolute atomic E-state index is 0.0443. The van der Waals surface area contributed by atoms with Crippen LogP contribution in [0.2, 0.25) is 0 Å². The molecule has 0 saturated heterocycles. The standard InChI is InChI=1S/C17H21NO2S/c1-4-5-15-18-17(14(21-15)10-16(19)20)13-8-6-12(7-9-13)11(2)3/h6-9,11H,4-5,10H2,1-3H3,(H,19,20). The van der Waals surface area contributed by atoms with Crippen LogP contribution in [0.3, 0.4) is 0 Å². The molecule has 1 aromatic carbocycles. The quantitative estimate of drug-likeness (QED) is 0.854. The summed E-state index contributed by atoms with van der Waals surface area (Å²) in [6, 6.07) is 8.30. The van der Waals surface area contributed by atoms with Gasteiger partial charge in [0.1, 0.15) is 0 Å². The second kappa shape index (κ2) is 6.85. The Morgan fingerprint density at radius 3 is 2.48 bits per heavy atom. The van der Waals surface area contributed by atoms with Crippen molar-refractivity contribution < 1.29 is 9.90 Å². The Morgan fingerprint density at radius 2 is 1.95 bits per heavy atom. The molecule has 2 aromatic rings. The number of rotatable bonds is 6. The molecule has 112 valence electrons. The van der Waals surface area contributed by atoms with E-state index in [1.165, 1.54) is 16.9 Å². The summed E-state index contributed by atoms with van der Waals surface area (Å²) >= 11 is 1.53. The lowest BCUT2D eigenvalue weighted by atomic mass is 10.0. The van der Waals surface area contributed by atoms with Crippen LogP contribution < -0.4 is 0 Å². The molecule has 0 radical (unpaired) electrons. The molecule has 21 heavy (non-hydrogen) atoms. The van der Waals surface area contributed by atoms with Gasteiger partial charge in [-0.05, 0) is 24.3 Å². The van der Waals surface area contributed by atoms with E-state index in [-0.39, 0.29) is 6.42 Å². The van der Waals surface area contributed by atoms with Gasteiger partial charge in [-0.25, -0.2) is 4.98 Å². The highest BCUT2D eigenvalue weighted by atomic mass is 32.1. The first-order valence-corrected chi connectivity index (χ1v) is 8.13. The van der Waals surface area contributed by atoms with Crippen molar-refractivity contribution in [3.05, 3.63) is 39.7 Å². The van der Waals surface area contributed by atoms with Gasteiger partial charge in [-0.3, -0.25) is 4.79 Å². The molecule has 0 fully saturated rings. The van der Waals surface area contributed by atoms with Gasteiger partial charge in [-0.15, -0.1) is 11.3 Å². The van der Waals surface area contributed by atoms with Crippen LogP contribution in [0.5, 0.6) is 0 Å². The number of aryl methyl sites for hydroxylation is 1. The number of thiazole rings is 1. The van der Waals surface area contributed by atoms with Gasteiger partial charge < -0.3 is 5.11 Å². The maximum absolute atomic E-state index is 11.0. The van der Waals surface area contributed by atoms with Crippen molar-refractivity contribution >= 4 is 17.3 Å². The van der Waals surface area contributed by atoms with Gasteiger partial charge in [0.25, 0.3) is 0 Å². The number of carboxylic acid groups (broad SMARTS) is 1. The average Bonchev–Trinajstić information content (AvgIpc) is 2.81. The van der Waals surface area contributed by atoms with Crippen molar-refractivity contribution in [3.8, 4) is 11.3 Å². The summed E-state index contributed by atoms with van der Waals surface area (Å²) < 4.78 is 0. The fourth-order valence-corrected chi connectivity index (χ4v) is 3.41. The van der Waals surface area contributed by atoms with E-state index in [0.29, 0.717) is 5.92 Å². The topological polar surface area (TPSA) is 50.2 Å². The van der Waals surface area contributed by atoms with Crippen LogP contribution in [-0.4, -0.2) is 16.1 Å². The van der Waals surface area contributed by atoms with E-state index in [1.807, 2.05) is 12.1 Å². The summed E-state index contributed by atoms with van der Waals surface area (Å²) in [6.45, 7) is 6.43. The normalized spacial score (nSPS) is 11.0. The second-order valence-electron chi connectivity index (χ2n) is 5.48. The average molecular weight is 303 g/mol. The van der Waals surface area contributed by atoms with Crippen LogP contribution in [0.1, 0.15) is 48.6 Å². The molecule has 0 aliphatic carbocycles. The summed E-state index contributed by atoms with van der Waals surface area (Å²) in [7, 11) is 0. The van der Waals surface area contributed by atoms with E-state index in [4.69, 9.17) is 5.11 Å². The molecule has 1 N–H and O–H groups in total. The Bertz CT molecular complexity index is 614.